The Morgan fingerprint density at radius 2 is 1.65 bits per heavy atom. The monoisotopic (exact) mass is 328 g/mol. The summed E-state index contributed by atoms with van der Waals surface area (Å²) in [4.78, 5) is 25.6. The Hall–Kier alpha value is -0.560. The molecule has 0 aromatic carbocycles. The minimum atomic E-state index is -0.436. The van der Waals surface area contributed by atoms with Crippen molar-refractivity contribution in [3.05, 3.63) is 0 Å². The maximum absolute atomic E-state index is 11.9. The molecule has 0 bridgehead atoms. The van der Waals surface area contributed by atoms with Crippen molar-refractivity contribution in [2.75, 3.05) is 26.2 Å². The number of carbonyl (C=O) groups is 2. The Morgan fingerprint density at radius 3 is 2.10 bits per heavy atom. The normalized spacial score (nSPS) is 17.2. The highest BCUT2D eigenvalue weighted by atomic mass is 35.5. The second kappa shape index (κ2) is 9.39. The number of nitrogens with one attached hydrogen (secondary N) is 3. The number of urea groups is 1. The van der Waals surface area contributed by atoms with Gasteiger partial charge in [-0.1, -0.05) is 0 Å². The standard InChI is InChI=1S/C12H24N4O2.2ClH/c1-9(16-7-5-13-6-8-16)10(17)14-11(18)15-12(2,3)4;;/h9,13H,5-8H2,1-4H3,(H2,14,15,17,18);2*1H. The number of carbonyl (C=O) groups excluding carboxylic acids is 2. The van der Waals surface area contributed by atoms with Crippen LogP contribution in [0.3, 0.4) is 0 Å². The molecule has 0 aromatic heterocycles. The summed E-state index contributed by atoms with van der Waals surface area (Å²) in [5.74, 6) is -0.251. The smallest absolute Gasteiger partial charge is 0.321 e. The number of hydrogen-bond donors (Lipinski definition) is 3. The van der Waals surface area contributed by atoms with Gasteiger partial charge in [0.2, 0.25) is 5.91 Å². The molecule has 6 nitrogen and oxygen atoms in total. The molecule has 0 aliphatic carbocycles. The number of rotatable bonds is 2. The Balaban J connectivity index is 0. The van der Waals surface area contributed by atoms with Crippen molar-refractivity contribution in [1.82, 2.24) is 20.9 Å². The van der Waals surface area contributed by atoms with Gasteiger partial charge < -0.3 is 10.6 Å². The van der Waals surface area contributed by atoms with Gasteiger partial charge in [-0.2, -0.15) is 0 Å². The number of nitrogens with zero attached hydrogens (tertiary/aromatic N) is 1. The molecule has 1 unspecified atom stereocenters. The molecule has 1 aliphatic rings. The maximum atomic E-state index is 11.9. The molecule has 8 heteroatoms. The number of imide groups is 1. The molecular weight excluding hydrogens is 303 g/mol. The van der Waals surface area contributed by atoms with E-state index in [4.69, 9.17) is 0 Å². The van der Waals surface area contributed by atoms with E-state index in [1.54, 1.807) is 0 Å². The predicted octanol–water partition coefficient (Wildman–Crippen LogP) is 0.748. The first-order valence-corrected chi connectivity index (χ1v) is 6.37. The molecule has 120 valence electrons. The topological polar surface area (TPSA) is 73.5 Å². The van der Waals surface area contributed by atoms with Crippen molar-refractivity contribution in [3.8, 4) is 0 Å². The van der Waals surface area contributed by atoms with Crippen LogP contribution in [0.4, 0.5) is 4.79 Å². The van der Waals surface area contributed by atoms with Crippen LogP contribution in [-0.2, 0) is 4.79 Å². The first-order valence-electron chi connectivity index (χ1n) is 6.37. The molecule has 0 saturated carbocycles. The summed E-state index contributed by atoms with van der Waals surface area (Å²) in [5, 5.41) is 8.32. The van der Waals surface area contributed by atoms with E-state index in [2.05, 4.69) is 20.9 Å². The third-order valence-corrected chi connectivity index (χ3v) is 2.80. The van der Waals surface area contributed by atoms with E-state index in [0.717, 1.165) is 26.2 Å². The van der Waals surface area contributed by atoms with Gasteiger partial charge in [-0.15, -0.1) is 24.8 Å². The van der Waals surface area contributed by atoms with Crippen molar-refractivity contribution < 1.29 is 9.59 Å². The van der Waals surface area contributed by atoms with Crippen molar-refractivity contribution in [3.63, 3.8) is 0 Å². The molecule has 20 heavy (non-hydrogen) atoms. The summed E-state index contributed by atoms with van der Waals surface area (Å²) in [6, 6.07) is -0.715. The van der Waals surface area contributed by atoms with Gasteiger partial charge in [0, 0.05) is 31.7 Å². The predicted molar refractivity (Wildman–Crippen MR) is 84.8 cm³/mol. The van der Waals surface area contributed by atoms with Gasteiger partial charge in [0.05, 0.1) is 6.04 Å². The Morgan fingerprint density at radius 1 is 1.15 bits per heavy atom. The molecule has 0 radical (unpaired) electrons. The molecule has 1 fully saturated rings. The molecule has 1 atom stereocenters. The summed E-state index contributed by atoms with van der Waals surface area (Å²) in [6.07, 6.45) is 0. The first kappa shape index (κ1) is 21.7. The van der Waals surface area contributed by atoms with Crippen LogP contribution in [0.1, 0.15) is 27.7 Å². The lowest BCUT2D eigenvalue weighted by Gasteiger charge is -2.31. The zero-order valence-corrected chi connectivity index (χ0v) is 14.1. The molecule has 3 N–H and O–H groups in total. The van der Waals surface area contributed by atoms with Gasteiger partial charge in [-0.3, -0.25) is 15.0 Å². The molecule has 1 heterocycles. The molecule has 1 rings (SSSR count). The van der Waals surface area contributed by atoms with Crippen LogP contribution < -0.4 is 16.0 Å². The Labute approximate surface area is 133 Å². The minimum absolute atomic E-state index is 0. The van der Waals surface area contributed by atoms with Crippen molar-refractivity contribution in [2.24, 2.45) is 0 Å². The first-order chi connectivity index (χ1) is 8.29. The van der Waals surface area contributed by atoms with Crippen LogP contribution in [0.15, 0.2) is 0 Å². The highest BCUT2D eigenvalue weighted by Crippen LogP contribution is 2.02. The summed E-state index contributed by atoms with van der Waals surface area (Å²) < 4.78 is 0. The minimum Gasteiger partial charge on any atom is -0.333 e. The highest BCUT2D eigenvalue weighted by Gasteiger charge is 2.24. The van der Waals surface area contributed by atoms with Crippen molar-refractivity contribution in [1.29, 1.82) is 0 Å². The average Bonchev–Trinajstić information content (AvgIpc) is 2.26. The SMILES string of the molecule is CC(C(=O)NC(=O)NC(C)(C)C)N1CCNCC1.Cl.Cl. The van der Waals surface area contributed by atoms with Crippen LogP contribution in [0.5, 0.6) is 0 Å². The largest absolute Gasteiger partial charge is 0.333 e. The summed E-state index contributed by atoms with van der Waals surface area (Å²) >= 11 is 0. The lowest BCUT2D eigenvalue weighted by molar-refractivity contribution is -0.125. The fourth-order valence-electron chi connectivity index (χ4n) is 1.82. The van der Waals surface area contributed by atoms with Gasteiger partial charge in [0.15, 0.2) is 0 Å². The zero-order valence-electron chi connectivity index (χ0n) is 12.5. The van der Waals surface area contributed by atoms with Crippen LogP contribution in [0.2, 0.25) is 0 Å². The second-order valence-electron chi connectivity index (χ2n) is 5.66. The molecule has 1 saturated heterocycles. The molecule has 0 aromatic rings. The molecule has 0 spiro atoms. The second-order valence-corrected chi connectivity index (χ2v) is 5.66. The fourth-order valence-corrected chi connectivity index (χ4v) is 1.82. The van der Waals surface area contributed by atoms with Crippen LogP contribution >= 0.6 is 24.8 Å². The van der Waals surface area contributed by atoms with E-state index in [1.807, 2.05) is 27.7 Å². The van der Waals surface area contributed by atoms with Crippen molar-refractivity contribution in [2.45, 2.75) is 39.3 Å². The van der Waals surface area contributed by atoms with Gasteiger partial charge in [0.1, 0.15) is 0 Å². The van der Waals surface area contributed by atoms with E-state index in [1.165, 1.54) is 0 Å². The third kappa shape index (κ3) is 7.89. The fraction of sp³-hybridized carbons (Fsp3) is 0.833. The number of hydrogen-bond acceptors (Lipinski definition) is 4. The Bertz CT molecular complexity index is 315. The van der Waals surface area contributed by atoms with E-state index in [0.29, 0.717) is 0 Å². The zero-order chi connectivity index (χ0) is 13.8. The summed E-state index contributed by atoms with van der Waals surface area (Å²) in [5.41, 5.74) is -0.345. The molecular formula is C12H26Cl2N4O2. The van der Waals surface area contributed by atoms with Crippen LogP contribution in [-0.4, -0.2) is 54.6 Å². The van der Waals surface area contributed by atoms with Crippen molar-refractivity contribution >= 4 is 36.8 Å². The van der Waals surface area contributed by atoms with E-state index < -0.39 is 6.03 Å². The van der Waals surface area contributed by atoms with Gasteiger partial charge in [-0.05, 0) is 27.7 Å². The van der Waals surface area contributed by atoms with Gasteiger partial charge in [0.25, 0.3) is 0 Å². The average molecular weight is 329 g/mol. The lowest BCUT2D eigenvalue weighted by Crippen LogP contribution is -2.56. The molecule has 3 amide bonds. The van der Waals surface area contributed by atoms with Gasteiger partial charge >= 0.3 is 6.03 Å². The van der Waals surface area contributed by atoms with Crippen LogP contribution in [0, 0.1) is 0 Å². The summed E-state index contributed by atoms with van der Waals surface area (Å²) in [6.45, 7) is 10.9. The molecule has 1 aliphatic heterocycles. The van der Waals surface area contributed by atoms with Gasteiger partial charge in [-0.25, -0.2) is 4.79 Å². The lowest BCUT2D eigenvalue weighted by atomic mass is 10.1. The number of piperazine rings is 1. The number of halogens is 2. The van der Waals surface area contributed by atoms with Crippen LogP contribution in [0.25, 0.3) is 0 Å². The number of amides is 3. The third-order valence-electron chi connectivity index (χ3n) is 2.80. The summed E-state index contributed by atoms with van der Waals surface area (Å²) in [7, 11) is 0. The highest BCUT2D eigenvalue weighted by molar-refractivity contribution is 5.97. The quantitative estimate of drug-likeness (QED) is 0.699. The van der Waals surface area contributed by atoms with E-state index >= 15 is 0 Å². The van der Waals surface area contributed by atoms with E-state index in [-0.39, 0.29) is 42.3 Å². The Kier molecular flexibility index (Phi) is 10.2. The maximum Gasteiger partial charge on any atom is 0.321 e. The van der Waals surface area contributed by atoms with E-state index in [9.17, 15) is 9.59 Å².